The molecule has 1 aromatic carbocycles. The van der Waals surface area contributed by atoms with Gasteiger partial charge in [0.15, 0.2) is 10.1 Å². The molecule has 0 spiro atoms. The van der Waals surface area contributed by atoms with Gasteiger partial charge in [0.25, 0.3) is 5.91 Å². The van der Waals surface area contributed by atoms with Crippen LogP contribution in [0.4, 0.5) is 10.1 Å². The number of hydrogen-bond acceptors (Lipinski definition) is 5. The number of benzene rings is 1. The van der Waals surface area contributed by atoms with Crippen LogP contribution < -0.4 is 5.32 Å². The third-order valence-electron chi connectivity index (χ3n) is 1.92. The fourth-order valence-corrected chi connectivity index (χ4v) is 1.99. The van der Waals surface area contributed by atoms with Gasteiger partial charge in [0, 0.05) is 0 Å². The molecule has 1 aromatic heterocycles. The average molecular weight is 268 g/mol. The fourth-order valence-electron chi connectivity index (χ4n) is 1.18. The van der Waals surface area contributed by atoms with Crippen molar-refractivity contribution in [3.63, 3.8) is 0 Å². The van der Waals surface area contributed by atoms with E-state index in [4.69, 9.17) is 11.6 Å². The number of halogens is 1. The van der Waals surface area contributed by atoms with Crippen LogP contribution in [0.1, 0.15) is 10.4 Å². The van der Waals surface area contributed by atoms with E-state index in [0.717, 1.165) is 11.3 Å². The molecule has 0 unspecified atom stereocenters. The highest BCUT2D eigenvalue weighted by Gasteiger charge is 2.11. The van der Waals surface area contributed by atoms with Gasteiger partial charge in [-0.25, -0.2) is 4.98 Å². The van der Waals surface area contributed by atoms with Crippen molar-refractivity contribution in [3.05, 3.63) is 46.0 Å². The lowest BCUT2D eigenvalue weighted by molar-refractivity contribution is 0.102. The molecule has 5 nitrogen and oxygen atoms in total. The molecule has 86 valence electrons. The Labute approximate surface area is 105 Å². The van der Waals surface area contributed by atoms with Gasteiger partial charge >= 0.3 is 0 Å². The predicted molar refractivity (Wildman–Crippen MR) is 67.0 cm³/mol. The van der Waals surface area contributed by atoms with Gasteiger partial charge in [-0.15, -0.1) is 4.91 Å². The van der Waals surface area contributed by atoms with Gasteiger partial charge in [-0.05, 0) is 17.3 Å². The number of thiazole rings is 1. The van der Waals surface area contributed by atoms with Gasteiger partial charge in [-0.3, -0.25) is 10.1 Å². The third-order valence-corrected chi connectivity index (χ3v) is 3.04. The van der Waals surface area contributed by atoms with E-state index in [9.17, 15) is 9.70 Å². The summed E-state index contributed by atoms with van der Waals surface area (Å²) >= 11 is 6.87. The van der Waals surface area contributed by atoms with Crippen molar-refractivity contribution < 1.29 is 4.79 Å². The molecular weight excluding hydrogens is 262 g/mol. The highest BCUT2D eigenvalue weighted by molar-refractivity contribution is 7.19. The molecule has 0 fully saturated rings. The lowest BCUT2D eigenvalue weighted by Gasteiger charge is -2.02. The molecule has 2 rings (SSSR count). The third kappa shape index (κ3) is 2.66. The van der Waals surface area contributed by atoms with E-state index in [0.29, 0.717) is 15.7 Å². The summed E-state index contributed by atoms with van der Waals surface area (Å²) in [4.78, 5) is 25.8. The summed E-state index contributed by atoms with van der Waals surface area (Å²) in [7, 11) is 0. The summed E-state index contributed by atoms with van der Waals surface area (Å²) < 4.78 is 0. The Balaban J connectivity index is 2.17. The Morgan fingerprint density at radius 1 is 1.41 bits per heavy atom. The maximum atomic E-state index is 11.8. The Morgan fingerprint density at radius 3 is 2.82 bits per heavy atom. The number of nitrogens with one attached hydrogen (secondary N) is 1. The molecule has 0 aliphatic heterocycles. The second kappa shape index (κ2) is 5.03. The van der Waals surface area contributed by atoms with E-state index in [2.05, 4.69) is 15.5 Å². The van der Waals surface area contributed by atoms with Crippen molar-refractivity contribution in [1.29, 1.82) is 0 Å². The predicted octanol–water partition coefficient (Wildman–Crippen LogP) is 3.45. The van der Waals surface area contributed by atoms with Crippen molar-refractivity contribution in [1.82, 2.24) is 4.98 Å². The maximum Gasteiger partial charge on any atom is 0.258 e. The van der Waals surface area contributed by atoms with E-state index < -0.39 is 0 Å². The normalized spacial score (nSPS) is 9.94. The van der Waals surface area contributed by atoms with E-state index in [1.165, 1.54) is 6.20 Å². The summed E-state index contributed by atoms with van der Waals surface area (Å²) in [6.45, 7) is 0. The molecule has 2 aromatic rings. The fraction of sp³-hybridized carbons (Fsp3) is 0. The number of carbonyl (C=O) groups excluding carboxylic acids is 1. The van der Waals surface area contributed by atoms with Crippen molar-refractivity contribution in [2.75, 3.05) is 5.32 Å². The quantitative estimate of drug-likeness (QED) is 0.866. The Morgan fingerprint density at radius 2 is 2.18 bits per heavy atom. The number of nitrogens with zero attached hydrogens (tertiary/aromatic N) is 2. The Hall–Kier alpha value is -1.79. The maximum absolute atomic E-state index is 11.8. The van der Waals surface area contributed by atoms with Crippen LogP contribution in [-0.2, 0) is 0 Å². The molecule has 1 heterocycles. The van der Waals surface area contributed by atoms with E-state index in [1.807, 2.05) is 0 Å². The van der Waals surface area contributed by atoms with E-state index in [1.54, 1.807) is 24.3 Å². The van der Waals surface area contributed by atoms with Crippen molar-refractivity contribution >= 4 is 39.0 Å². The van der Waals surface area contributed by atoms with Crippen LogP contribution in [0.25, 0.3) is 0 Å². The minimum Gasteiger partial charge on any atom is -0.298 e. The number of anilines is 1. The highest BCUT2D eigenvalue weighted by Crippen LogP contribution is 2.26. The van der Waals surface area contributed by atoms with Gasteiger partial charge in [-0.2, -0.15) is 0 Å². The summed E-state index contributed by atoms with van der Waals surface area (Å²) in [5.41, 5.74) is 0.352. The molecule has 0 bridgehead atoms. The van der Waals surface area contributed by atoms with Crippen LogP contribution in [0.2, 0.25) is 5.02 Å². The topological polar surface area (TPSA) is 71.4 Å². The van der Waals surface area contributed by atoms with Crippen molar-refractivity contribution in [3.8, 4) is 0 Å². The van der Waals surface area contributed by atoms with Crippen molar-refractivity contribution in [2.24, 2.45) is 5.18 Å². The average Bonchev–Trinajstić information content (AvgIpc) is 2.77. The van der Waals surface area contributed by atoms with Gasteiger partial charge in [0.1, 0.15) is 0 Å². The van der Waals surface area contributed by atoms with E-state index >= 15 is 0 Å². The number of rotatable bonds is 3. The van der Waals surface area contributed by atoms with Crippen LogP contribution in [0, 0.1) is 4.91 Å². The van der Waals surface area contributed by atoms with Crippen LogP contribution >= 0.6 is 22.9 Å². The lowest BCUT2D eigenvalue weighted by Crippen LogP contribution is -2.11. The number of amides is 1. The molecule has 1 N–H and O–H groups in total. The summed E-state index contributed by atoms with van der Waals surface area (Å²) in [5.74, 6) is -0.373. The smallest absolute Gasteiger partial charge is 0.258 e. The molecule has 0 saturated carbocycles. The molecule has 0 aliphatic carbocycles. The number of carbonyl (C=O) groups is 1. The van der Waals surface area contributed by atoms with Crippen LogP contribution in [0.15, 0.2) is 35.6 Å². The van der Waals surface area contributed by atoms with Crippen LogP contribution in [-0.4, -0.2) is 10.9 Å². The molecule has 0 saturated heterocycles. The van der Waals surface area contributed by atoms with Crippen LogP contribution in [0.5, 0.6) is 0 Å². The summed E-state index contributed by atoms with van der Waals surface area (Å²) in [5, 5.41) is 6.13. The summed E-state index contributed by atoms with van der Waals surface area (Å²) in [6, 6.07) is 6.67. The molecular formula is C10H6ClN3O2S. The molecule has 0 atom stereocenters. The first-order chi connectivity index (χ1) is 8.20. The molecule has 0 radical (unpaired) electrons. The molecule has 0 aliphatic rings. The Kier molecular flexibility index (Phi) is 3.46. The molecule has 7 heteroatoms. The molecule has 17 heavy (non-hydrogen) atoms. The largest absolute Gasteiger partial charge is 0.298 e. The minimum atomic E-state index is -0.373. The van der Waals surface area contributed by atoms with Gasteiger partial charge in [0.2, 0.25) is 0 Å². The first-order valence-corrected chi connectivity index (χ1v) is 5.75. The van der Waals surface area contributed by atoms with Gasteiger partial charge in [0.05, 0.1) is 16.8 Å². The monoisotopic (exact) mass is 267 g/mol. The highest BCUT2D eigenvalue weighted by atomic mass is 35.5. The van der Waals surface area contributed by atoms with E-state index in [-0.39, 0.29) is 10.9 Å². The number of nitroso groups, excluding NO2 is 1. The number of aromatic nitrogens is 1. The minimum absolute atomic E-state index is 0.208. The summed E-state index contributed by atoms with van der Waals surface area (Å²) in [6.07, 6.45) is 1.29. The van der Waals surface area contributed by atoms with Crippen molar-refractivity contribution in [2.45, 2.75) is 0 Å². The zero-order valence-electron chi connectivity index (χ0n) is 8.38. The lowest BCUT2D eigenvalue weighted by atomic mass is 10.2. The Bertz CT molecular complexity index is 570. The standard InChI is InChI=1S/C10H6ClN3O2S/c11-7-4-2-1-3-6(7)9(15)13-10-12-5-8(14-16)17-10/h1-5H,(H,12,13,15). The zero-order chi connectivity index (χ0) is 12.3. The first kappa shape index (κ1) is 11.7. The SMILES string of the molecule is O=Nc1cnc(NC(=O)c2ccccc2Cl)s1. The van der Waals surface area contributed by atoms with Gasteiger partial charge in [-0.1, -0.05) is 35.1 Å². The zero-order valence-corrected chi connectivity index (χ0v) is 9.96. The first-order valence-electron chi connectivity index (χ1n) is 4.56. The second-order valence-corrected chi connectivity index (χ2v) is 4.45. The van der Waals surface area contributed by atoms with Crippen LogP contribution in [0.3, 0.4) is 0 Å². The van der Waals surface area contributed by atoms with Gasteiger partial charge < -0.3 is 0 Å². The molecule has 1 amide bonds. The second-order valence-electron chi connectivity index (χ2n) is 3.03. The number of hydrogen-bond donors (Lipinski definition) is 1.